The molecule has 0 heterocycles. The van der Waals surface area contributed by atoms with Gasteiger partial charge in [-0.3, -0.25) is 4.79 Å². The van der Waals surface area contributed by atoms with Crippen molar-refractivity contribution in [2.24, 2.45) is 0 Å². The lowest BCUT2D eigenvalue weighted by Crippen LogP contribution is -2.41. The highest BCUT2D eigenvalue weighted by atomic mass is 28.3. The van der Waals surface area contributed by atoms with Gasteiger partial charge in [-0.25, -0.2) is 0 Å². The first-order valence-electron chi connectivity index (χ1n) is 14.2. The molecule has 0 spiro atoms. The van der Waals surface area contributed by atoms with E-state index in [1.54, 1.807) is 6.92 Å². The number of nitrogens with one attached hydrogen (secondary N) is 1. The second kappa shape index (κ2) is 15.9. The van der Waals surface area contributed by atoms with E-state index < -0.39 is 28.4 Å². The van der Waals surface area contributed by atoms with Crippen LogP contribution in [0.15, 0.2) is 12.2 Å². The molecular weight excluding hydrogens is 498 g/mol. The average Bonchev–Trinajstić information content (AvgIpc) is 2.70. The van der Waals surface area contributed by atoms with E-state index in [9.17, 15) is 15.0 Å². The Kier molecular flexibility index (Phi) is 15.7. The zero-order chi connectivity index (χ0) is 29.1. The first kappa shape index (κ1) is 36.5. The molecule has 0 fully saturated rings. The third-order valence-corrected chi connectivity index (χ3v) is 19.7. The number of amides is 1. The van der Waals surface area contributed by atoms with Crippen LogP contribution in [0.3, 0.4) is 0 Å². The minimum atomic E-state index is -1.54. The number of carbonyl (C=O) groups excluding carboxylic acids is 1. The fraction of sp³-hybridized carbons (Fsp3) is 0.897. The van der Waals surface area contributed by atoms with Crippen LogP contribution in [-0.2, 0) is 14.3 Å². The number of rotatable bonds is 18. The Bertz CT molecular complexity index is 639. The normalized spacial score (nSPS) is 15.8. The largest absolute Gasteiger partial charge is 0.391 e. The summed E-state index contributed by atoms with van der Waals surface area (Å²) in [6.07, 6.45) is 2.35. The highest BCUT2D eigenvalue weighted by Gasteiger charge is 2.37. The summed E-state index contributed by atoms with van der Waals surface area (Å²) in [4.78, 5) is 12.2. The minimum Gasteiger partial charge on any atom is -0.391 e. The lowest BCUT2D eigenvalue weighted by Gasteiger charge is -2.38. The summed E-state index contributed by atoms with van der Waals surface area (Å²) in [6.45, 7) is 30.2. The Morgan fingerprint density at radius 1 is 0.811 bits per heavy atom. The van der Waals surface area contributed by atoms with Crippen molar-refractivity contribution in [3.63, 3.8) is 0 Å². The van der Waals surface area contributed by atoms with Crippen LogP contribution in [0.5, 0.6) is 0 Å². The topological polar surface area (TPSA) is 88.0 Å². The molecule has 0 saturated carbocycles. The third kappa shape index (κ3) is 15.0. The molecule has 0 saturated heterocycles. The van der Waals surface area contributed by atoms with Crippen LogP contribution in [0.25, 0.3) is 0 Å². The molecule has 1 amide bonds. The van der Waals surface area contributed by atoms with Crippen LogP contribution >= 0.6 is 0 Å². The van der Waals surface area contributed by atoms with Crippen LogP contribution < -0.4 is 5.32 Å². The van der Waals surface area contributed by atoms with E-state index in [0.29, 0.717) is 32.0 Å². The first-order valence-corrected chi connectivity index (χ1v) is 20.6. The number of hydrogen-bond donors (Lipinski definition) is 3. The Morgan fingerprint density at radius 3 is 1.46 bits per heavy atom. The van der Waals surface area contributed by atoms with Crippen LogP contribution in [0.1, 0.15) is 74.1 Å². The molecule has 220 valence electrons. The molecule has 3 N–H and O–H groups in total. The van der Waals surface area contributed by atoms with Gasteiger partial charge in [0.25, 0.3) is 0 Å². The monoisotopic (exact) mass is 559 g/mol. The van der Waals surface area contributed by atoms with E-state index >= 15 is 0 Å². The molecule has 8 heteroatoms. The van der Waals surface area contributed by atoms with E-state index in [2.05, 4.69) is 79.6 Å². The van der Waals surface area contributed by atoms with Gasteiger partial charge in [-0.15, -0.1) is 0 Å². The lowest BCUT2D eigenvalue weighted by atomic mass is 10.1. The zero-order valence-corrected chi connectivity index (χ0v) is 28.1. The Hall–Kier alpha value is -0.516. The standard InChI is InChI=1S/C29H61NO5Si2/c1-23(2)27(33)30-24(15-13-17-34-19-25(31)21-36(9,10)28(3,4)5)16-14-18-35-20-26(32)22-37(11,12)29(6,7)8/h24-26,31-32H,1,13-22H2,2-12H3,(H,30,33). The first-order chi connectivity index (χ1) is 16.7. The van der Waals surface area contributed by atoms with Gasteiger partial charge in [0.1, 0.15) is 0 Å². The van der Waals surface area contributed by atoms with E-state index in [-0.39, 0.29) is 22.0 Å². The molecule has 0 aromatic rings. The molecule has 0 aromatic carbocycles. The van der Waals surface area contributed by atoms with Crippen molar-refractivity contribution >= 4 is 22.1 Å². The van der Waals surface area contributed by atoms with E-state index in [1.165, 1.54) is 0 Å². The molecule has 37 heavy (non-hydrogen) atoms. The van der Waals surface area contributed by atoms with E-state index in [0.717, 1.165) is 37.8 Å². The van der Waals surface area contributed by atoms with Crippen LogP contribution in [-0.4, -0.2) is 76.9 Å². The maximum Gasteiger partial charge on any atom is 0.246 e. The van der Waals surface area contributed by atoms with Crippen molar-refractivity contribution in [1.29, 1.82) is 0 Å². The highest BCUT2D eigenvalue weighted by Crippen LogP contribution is 2.40. The molecule has 0 bridgehead atoms. The van der Waals surface area contributed by atoms with Gasteiger partial charge >= 0.3 is 0 Å². The van der Waals surface area contributed by atoms with Crippen molar-refractivity contribution in [2.45, 2.75) is 141 Å². The molecule has 2 atom stereocenters. The predicted octanol–water partition coefficient (Wildman–Crippen LogP) is 6.38. The summed E-state index contributed by atoms with van der Waals surface area (Å²) < 4.78 is 11.6. The van der Waals surface area contributed by atoms with Gasteiger partial charge in [-0.05, 0) is 54.8 Å². The SMILES string of the molecule is C=C(C)C(=O)NC(CCCOCC(O)C[Si](C)(C)C(C)(C)C)CCCOCC(O)C[Si](C)(C)C(C)(C)C. The predicted molar refractivity (Wildman–Crippen MR) is 163 cm³/mol. The van der Waals surface area contributed by atoms with Crippen molar-refractivity contribution in [1.82, 2.24) is 5.32 Å². The Labute approximate surface area is 231 Å². The van der Waals surface area contributed by atoms with Crippen molar-refractivity contribution in [3.05, 3.63) is 12.2 Å². The molecule has 2 unspecified atom stereocenters. The summed E-state index contributed by atoms with van der Waals surface area (Å²) in [5.41, 5.74) is 0.500. The molecule has 0 aromatic heterocycles. The van der Waals surface area contributed by atoms with Gasteiger partial charge in [0, 0.05) is 24.8 Å². The minimum absolute atomic E-state index is 0.0192. The molecule has 0 aliphatic carbocycles. The van der Waals surface area contributed by atoms with Gasteiger partial charge in [0.15, 0.2) is 0 Å². The summed E-state index contributed by atoms with van der Waals surface area (Å²) in [7, 11) is -3.09. The number of ether oxygens (including phenoxy) is 2. The average molecular weight is 560 g/mol. The quantitative estimate of drug-likeness (QED) is 0.103. The van der Waals surface area contributed by atoms with Gasteiger partial charge < -0.3 is 25.0 Å². The summed E-state index contributed by atoms with van der Waals surface area (Å²) in [6, 6.07) is 1.68. The molecule has 0 aliphatic rings. The summed E-state index contributed by atoms with van der Waals surface area (Å²) in [5, 5.41) is 24.5. The Balaban J connectivity index is 4.45. The van der Waals surface area contributed by atoms with Gasteiger partial charge in [0.05, 0.1) is 41.6 Å². The summed E-state index contributed by atoms with van der Waals surface area (Å²) >= 11 is 0. The van der Waals surface area contributed by atoms with E-state index in [1.807, 2.05) is 0 Å². The molecule has 6 nitrogen and oxygen atoms in total. The molecular formula is C29H61NO5Si2. The Morgan fingerprint density at radius 2 is 1.16 bits per heavy atom. The summed E-state index contributed by atoms with van der Waals surface area (Å²) in [5.74, 6) is -0.124. The second-order valence-electron chi connectivity index (χ2n) is 14.4. The second-order valence-corrected chi connectivity index (χ2v) is 25.7. The van der Waals surface area contributed by atoms with Gasteiger partial charge in [-0.1, -0.05) is 74.3 Å². The molecule has 0 aliphatic heterocycles. The number of aliphatic hydroxyl groups excluding tert-OH is 2. The maximum atomic E-state index is 12.2. The van der Waals surface area contributed by atoms with Gasteiger partial charge in [-0.2, -0.15) is 0 Å². The van der Waals surface area contributed by atoms with Crippen LogP contribution in [0.4, 0.5) is 0 Å². The highest BCUT2D eigenvalue weighted by molar-refractivity contribution is 6.80. The smallest absolute Gasteiger partial charge is 0.246 e. The third-order valence-electron chi connectivity index (χ3n) is 8.58. The number of aliphatic hydroxyl groups is 2. The number of carbonyl (C=O) groups is 1. The number of hydrogen-bond acceptors (Lipinski definition) is 5. The van der Waals surface area contributed by atoms with Crippen LogP contribution in [0.2, 0.25) is 48.4 Å². The van der Waals surface area contributed by atoms with Crippen LogP contribution in [0, 0.1) is 0 Å². The van der Waals surface area contributed by atoms with Crippen molar-refractivity contribution < 1.29 is 24.5 Å². The van der Waals surface area contributed by atoms with Crippen molar-refractivity contribution in [3.8, 4) is 0 Å². The zero-order valence-electron chi connectivity index (χ0n) is 26.1. The molecule has 0 radical (unpaired) electrons. The lowest BCUT2D eigenvalue weighted by molar-refractivity contribution is -0.118. The fourth-order valence-electron chi connectivity index (χ4n) is 3.81. The maximum absolute atomic E-state index is 12.2. The fourth-order valence-corrected chi connectivity index (χ4v) is 7.62. The molecule has 0 rings (SSSR count). The van der Waals surface area contributed by atoms with E-state index in [4.69, 9.17) is 9.47 Å². The van der Waals surface area contributed by atoms with Gasteiger partial charge in [0.2, 0.25) is 5.91 Å². The van der Waals surface area contributed by atoms with Crippen molar-refractivity contribution in [2.75, 3.05) is 26.4 Å².